The van der Waals surface area contributed by atoms with Crippen LogP contribution in [0.15, 0.2) is 30.5 Å². The van der Waals surface area contributed by atoms with E-state index in [-0.39, 0.29) is 5.91 Å². The van der Waals surface area contributed by atoms with Crippen LogP contribution in [-0.2, 0) is 17.6 Å². The molecule has 0 atom stereocenters. The third-order valence-corrected chi connectivity index (χ3v) is 5.33. The van der Waals surface area contributed by atoms with Crippen LogP contribution >= 0.6 is 11.3 Å². The minimum atomic E-state index is 0.183. The molecule has 2 heterocycles. The molecule has 0 saturated carbocycles. The fourth-order valence-electron chi connectivity index (χ4n) is 2.68. The van der Waals surface area contributed by atoms with E-state index < -0.39 is 0 Å². The van der Waals surface area contributed by atoms with Crippen LogP contribution in [-0.4, -0.2) is 42.0 Å². The van der Waals surface area contributed by atoms with E-state index >= 15 is 0 Å². The van der Waals surface area contributed by atoms with Crippen LogP contribution in [0.25, 0.3) is 0 Å². The summed E-state index contributed by atoms with van der Waals surface area (Å²) in [5.74, 6) is 0.183. The van der Waals surface area contributed by atoms with E-state index in [0.29, 0.717) is 6.42 Å². The van der Waals surface area contributed by atoms with Gasteiger partial charge in [-0.3, -0.25) is 4.79 Å². The molecule has 2 N–H and O–H groups in total. The van der Waals surface area contributed by atoms with Crippen molar-refractivity contribution < 1.29 is 4.79 Å². The number of nitrogens with two attached hydrogens (primary N) is 1. The SMILES string of the molecule is CCc1cnc(N2CCN(C(=O)Cc3ccc(N)cc3)CC2)s1. The molecule has 2 aromatic rings. The first-order chi connectivity index (χ1) is 11.2. The van der Waals surface area contributed by atoms with Gasteiger partial charge in [-0.15, -0.1) is 11.3 Å². The molecule has 1 fully saturated rings. The Morgan fingerprint density at radius 1 is 1.22 bits per heavy atom. The molecule has 0 unspecified atom stereocenters. The zero-order valence-corrected chi connectivity index (χ0v) is 14.2. The van der Waals surface area contributed by atoms with E-state index in [1.807, 2.05) is 35.4 Å². The Kier molecular flexibility index (Phi) is 4.81. The molecule has 0 bridgehead atoms. The normalized spacial score (nSPS) is 15.0. The molecule has 1 aliphatic heterocycles. The van der Waals surface area contributed by atoms with E-state index in [1.54, 1.807) is 11.3 Å². The van der Waals surface area contributed by atoms with Gasteiger partial charge < -0.3 is 15.5 Å². The molecule has 3 rings (SSSR count). The number of piperazine rings is 1. The van der Waals surface area contributed by atoms with Gasteiger partial charge in [0, 0.05) is 42.9 Å². The van der Waals surface area contributed by atoms with Crippen LogP contribution in [0.2, 0.25) is 0 Å². The molecule has 0 radical (unpaired) electrons. The summed E-state index contributed by atoms with van der Waals surface area (Å²) in [5, 5.41) is 1.08. The predicted octanol–water partition coefficient (Wildman–Crippen LogP) is 2.18. The predicted molar refractivity (Wildman–Crippen MR) is 94.8 cm³/mol. The largest absolute Gasteiger partial charge is 0.399 e. The average molecular weight is 330 g/mol. The maximum Gasteiger partial charge on any atom is 0.227 e. The van der Waals surface area contributed by atoms with Gasteiger partial charge in [0.2, 0.25) is 5.91 Å². The van der Waals surface area contributed by atoms with Crippen LogP contribution in [0.1, 0.15) is 17.4 Å². The molecule has 1 aromatic heterocycles. The first-order valence-corrected chi connectivity index (χ1v) is 8.79. The highest BCUT2D eigenvalue weighted by Crippen LogP contribution is 2.24. The summed E-state index contributed by atoms with van der Waals surface area (Å²) in [6, 6.07) is 7.53. The second-order valence-corrected chi connectivity index (χ2v) is 6.84. The van der Waals surface area contributed by atoms with E-state index in [2.05, 4.69) is 16.8 Å². The number of amides is 1. The van der Waals surface area contributed by atoms with Gasteiger partial charge >= 0.3 is 0 Å². The Hall–Kier alpha value is -2.08. The van der Waals surface area contributed by atoms with Gasteiger partial charge in [-0.25, -0.2) is 4.98 Å². The van der Waals surface area contributed by atoms with Crippen LogP contribution < -0.4 is 10.6 Å². The first kappa shape index (κ1) is 15.8. The number of nitrogen functional groups attached to an aromatic ring is 1. The summed E-state index contributed by atoms with van der Waals surface area (Å²) in [6.07, 6.45) is 3.42. The summed E-state index contributed by atoms with van der Waals surface area (Å²) >= 11 is 1.75. The molecule has 23 heavy (non-hydrogen) atoms. The number of benzene rings is 1. The van der Waals surface area contributed by atoms with E-state index in [4.69, 9.17) is 5.73 Å². The van der Waals surface area contributed by atoms with Crippen LogP contribution in [0.4, 0.5) is 10.8 Å². The van der Waals surface area contributed by atoms with E-state index in [9.17, 15) is 4.79 Å². The minimum absolute atomic E-state index is 0.183. The van der Waals surface area contributed by atoms with Gasteiger partial charge in [-0.1, -0.05) is 19.1 Å². The van der Waals surface area contributed by atoms with Gasteiger partial charge in [-0.2, -0.15) is 0 Å². The molecule has 1 amide bonds. The molecule has 122 valence electrons. The molecule has 1 aliphatic rings. The summed E-state index contributed by atoms with van der Waals surface area (Å²) in [6.45, 7) is 5.36. The van der Waals surface area contributed by atoms with Crippen LogP contribution in [0.3, 0.4) is 0 Å². The number of nitrogens with zero attached hydrogens (tertiary/aromatic N) is 3. The number of anilines is 2. The summed E-state index contributed by atoms with van der Waals surface area (Å²) in [4.78, 5) is 22.4. The molecular formula is C17H22N4OS. The molecule has 6 heteroatoms. The molecule has 0 spiro atoms. The molecule has 0 aliphatic carbocycles. The van der Waals surface area contributed by atoms with E-state index in [0.717, 1.165) is 49.0 Å². The number of aromatic nitrogens is 1. The summed E-state index contributed by atoms with van der Waals surface area (Å²) in [7, 11) is 0. The van der Waals surface area contributed by atoms with Crippen LogP contribution in [0, 0.1) is 0 Å². The van der Waals surface area contributed by atoms with Crippen molar-refractivity contribution >= 4 is 28.1 Å². The number of carbonyl (C=O) groups excluding carboxylic acids is 1. The lowest BCUT2D eigenvalue weighted by atomic mass is 10.1. The Bertz CT molecular complexity index is 659. The zero-order valence-electron chi connectivity index (χ0n) is 13.4. The van der Waals surface area contributed by atoms with Gasteiger partial charge in [-0.05, 0) is 24.1 Å². The van der Waals surface area contributed by atoms with Crippen molar-refractivity contribution in [3.8, 4) is 0 Å². The minimum Gasteiger partial charge on any atom is -0.399 e. The second kappa shape index (κ2) is 7.00. The van der Waals surface area contributed by atoms with Crippen molar-refractivity contribution in [3.05, 3.63) is 40.9 Å². The quantitative estimate of drug-likeness (QED) is 0.873. The van der Waals surface area contributed by atoms with Gasteiger partial charge in [0.15, 0.2) is 5.13 Å². The number of carbonyl (C=O) groups is 1. The van der Waals surface area contributed by atoms with Crippen molar-refractivity contribution in [1.82, 2.24) is 9.88 Å². The highest BCUT2D eigenvalue weighted by atomic mass is 32.1. The fraction of sp³-hybridized carbons (Fsp3) is 0.412. The maximum absolute atomic E-state index is 12.4. The highest BCUT2D eigenvalue weighted by Gasteiger charge is 2.22. The van der Waals surface area contributed by atoms with Gasteiger partial charge in [0.1, 0.15) is 0 Å². The van der Waals surface area contributed by atoms with Crippen molar-refractivity contribution in [1.29, 1.82) is 0 Å². The lowest BCUT2D eigenvalue weighted by Gasteiger charge is -2.34. The van der Waals surface area contributed by atoms with E-state index in [1.165, 1.54) is 4.88 Å². The van der Waals surface area contributed by atoms with Crippen molar-refractivity contribution in [3.63, 3.8) is 0 Å². The standard InChI is InChI=1S/C17H22N4OS/c1-2-15-12-19-17(23-15)21-9-7-20(8-10-21)16(22)11-13-3-5-14(18)6-4-13/h3-6,12H,2,7-11,18H2,1H3. The van der Waals surface area contributed by atoms with Crippen molar-refractivity contribution in [2.45, 2.75) is 19.8 Å². The summed E-state index contributed by atoms with van der Waals surface area (Å²) < 4.78 is 0. The second-order valence-electron chi connectivity index (χ2n) is 5.75. The Labute approximate surface area is 140 Å². The number of aryl methyl sites for hydroxylation is 1. The number of thiazole rings is 1. The smallest absolute Gasteiger partial charge is 0.227 e. The lowest BCUT2D eigenvalue weighted by molar-refractivity contribution is -0.130. The topological polar surface area (TPSA) is 62.5 Å². The van der Waals surface area contributed by atoms with Gasteiger partial charge in [0.05, 0.1) is 6.42 Å². The summed E-state index contributed by atoms with van der Waals surface area (Å²) in [5.41, 5.74) is 7.42. The highest BCUT2D eigenvalue weighted by molar-refractivity contribution is 7.15. The average Bonchev–Trinajstić information content (AvgIpc) is 3.06. The molecular weight excluding hydrogens is 308 g/mol. The maximum atomic E-state index is 12.4. The number of rotatable bonds is 4. The first-order valence-electron chi connectivity index (χ1n) is 7.97. The number of hydrogen-bond donors (Lipinski definition) is 1. The third-order valence-electron chi connectivity index (χ3n) is 4.13. The fourth-order valence-corrected chi connectivity index (χ4v) is 3.58. The van der Waals surface area contributed by atoms with Crippen molar-refractivity contribution in [2.75, 3.05) is 36.8 Å². The zero-order chi connectivity index (χ0) is 16.2. The lowest BCUT2D eigenvalue weighted by Crippen LogP contribution is -2.49. The van der Waals surface area contributed by atoms with Crippen LogP contribution in [0.5, 0.6) is 0 Å². The molecule has 1 aromatic carbocycles. The van der Waals surface area contributed by atoms with Gasteiger partial charge in [0.25, 0.3) is 0 Å². The monoisotopic (exact) mass is 330 g/mol. The third kappa shape index (κ3) is 3.82. The number of hydrogen-bond acceptors (Lipinski definition) is 5. The molecule has 5 nitrogen and oxygen atoms in total. The molecule has 1 saturated heterocycles. The Balaban J connectivity index is 1.53. The Morgan fingerprint density at radius 3 is 2.52 bits per heavy atom. The van der Waals surface area contributed by atoms with Crippen molar-refractivity contribution in [2.24, 2.45) is 0 Å². The Morgan fingerprint density at radius 2 is 1.91 bits per heavy atom.